The summed E-state index contributed by atoms with van der Waals surface area (Å²) < 4.78 is 0. The van der Waals surface area contributed by atoms with Crippen LogP contribution in [0.25, 0.3) is 0 Å². The molecule has 1 aromatic carbocycles. The molecule has 0 spiro atoms. The second-order valence-electron chi connectivity index (χ2n) is 5.55. The number of benzene rings is 1. The fourth-order valence-corrected chi connectivity index (χ4v) is 2.87. The maximum Gasteiger partial charge on any atom is 0.236 e. The summed E-state index contributed by atoms with van der Waals surface area (Å²) in [6, 6.07) is 9.74. The van der Waals surface area contributed by atoms with Gasteiger partial charge in [-0.05, 0) is 31.9 Å². The minimum atomic E-state index is -0.152. The number of hydrogen-bond acceptors (Lipinski definition) is 2. The van der Waals surface area contributed by atoms with Crippen molar-refractivity contribution in [3.63, 3.8) is 0 Å². The third-order valence-corrected chi connectivity index (χ3v) is 3.97. The third kappa shape index (κ3) is 4.59. The van der Waals surface area contributed by atoms with Gasteiger partial charge in [0.2, 0.25) is 11.8 Å². The predicted octanol–water partition coefficient (Wildman–Crippen LogP) is 2.88. The van der Waals surface area contributed by atoms with Crippen LogP contribution in [0.3, 0.4) is 0 Å². The normalized spacial score (nSPS) is 15.5. The summed E-state index contributed by atoms with van der Waals surface area (Å²) in [5.41, 5.74) is 0.843. The molecule has 21 heavy (non-hydrogen) atoms. The average Bonchev–Trinajstić information content (AvgIpc) is 2.50. The molecule has 0 radical (unpaired) electrons. The van der Waals surface area contributed by atoms with Crippen LogP contribution in [0, 0.1) is 0 Å². The Labute approximate surface area is 126 Å². The van der Waals surface area contributed by atoms with E-state index in [4.69, 9.17) is 0 Å². The molecule has 2 rings (SSSR count). The molecule has 0 heterocycles. The molecule has 1 N–H and O–H groups in total. The van der Waals surface area contributed by atoms with E-state index in [1.807, 2.05) is 37.3 Å². The highest BCUT2D eigenvalue weighted by molar-refractivity contribution is 6.05. The lowest BCUT2D eigenvalue weighted by Crippen LogP contribution is -2.40. The summed E-state index contributed by atoms with van der Waals surface area (Å²) in [4.78, 5) is 26.0. The van der Waals surface area contributed by atoms with Crippen molar-refractivity contribution in [2.24, 2.45) is 0 Å². The number of rotatable bonds is 5. The maximum absolute atomic E-state index is 12.3. The molecule has 0 aliphatic heterocycles. The van der Waals surface area contributed by atoms with Gasteiger partial charge in [-0.1, -0.05) is 37.5 Å². The highest BCUT2D eigenvalue weighted by atomic mass is 16.2. The standard InChI is InChI=1S/C17H24N2O2/c1-2-19(15-11-7-4-8-12-15)17(21)13-16(20)18-14-9-5-3-6-10-14/h4,7-8,11-12,14H,2-3,5-6,9-10,13H2,1H3,(H,18,20). The van der Waals surface area contributed by atoms with E-state index in [0.717, 1.165) is 18.5 Å². The van der Waals surface area contributed by atoms with Crippen molar-refractivity contribution in [2.45, 2.75) is 51.5 Å². The maximum atomic E-state index is 12.3. The van der Waals surface area contributed by atoms with E-state index >= 15 is 0 Å². The molecular weight excluding hydrogens is 264 g/mol. The summed E-state index contributed by atoms with van der Waals surface area (Å²) in [6.07, 6.45) is 5.60. The molecule has 0 saturated heterocycles. The van der Waals surface area contributed by atoms with E-state index in [1.165, 1.54) is 19.3 Å². The number of para-hydroxylation sites is 1. The lowest BCUT2D eigenvalue weighted by Gasteiger charge is -2.24. The van der Waals surface area contributed by atoms with Gasteiger partial charge in [0, 0.05) is 18.3 Å². The average molecular weight is 288 g/mol. The van der Waals surface area contributed by atoms with Crippen molar-refractivity contribution in [2.75, 3.05) is 11.4 Å². The zero-order valence-corrected chi connectivity index (χ0v) is 12.7. The first kappa shape index (κ1) is 15.5. The molecule has 4 heteroatoms. The number of nitrogens with one attached hydrogen (secondary N) is 1. The third-order valence-electron chi connectivity index (χ3n) is 3.97. The number of amides is 2. The molecule has 0 unspecified atom stereocenters. The number of nitrogens with zero attached hydrogens (tertiary/aromatic N) is 1. The van der Waals surface area contributed by atoms with Crippen LogP contribution < -0.4 is 10.2 Å². The van der Waals surface area contributed by atoms with Gasteiger partial charge in [-0.3, -0.25) is 9.59 Å². The van der Waals surface area contributed by atoms with Crippen LogP contribution in [0.15, 0.2) is 30.3 Å². The topological polar surface area (TPSA) is 49.4 Å². The van der Waals surface area contributed by atoms with Crippen LogP contribution in [0.4, 0.5) is 5.69 Å². The first-order valence-electron chi connectivity index (χ1n) is 7.85. The Balaban J connectivity index is 1.88. The first-order chi connectivity index (χ1) is 10.2. The smallest absolute Gasteiger partial charge is 0.236 e. The molecule has 4 nitrogen and oxygen atoms in total. The molecule has 1 fully saturated rings. The van der Waals surface area contributed by atoms with Crippen LogP contribution in [0.2, 0.25) is 0 Å². The molecule has 1 aromatic rings. The highest BCUT2D eigenvalue weighted by Gasteiger charge is 2.20. The zero-order valence-electron chi connectivity index (χ0n) is 12.7. The Morgan fingerprint density at radius 2 is 1.81 bits per heavy atom. The summed E-state index contributed by atoms with van der Waals surface area (Å²) >= 11 is 0. The zero-order chi connectivity index (χ0) is 15.1. The van der Waals surface area contributed by atoms with E-state index in [2.05, 4.69) is 5.32 Å². The largest absolute Gasteiger partial charge is 0.353 e. The van der Waals surface area contributed by atoms with Gasteiger partial charge in [-0.25, -0.2) is 0 Å². The van der Waals surface area contributed by atoms with Gasteiger partial charge in [0.25, 0.3) is 0 Å². The number of carbonyl (C=O) groups excluding carboxylic acids is 2. The van der Waals surface area contributed by atoms with Crippen molar-refractivity contribution >= 4 is 17.5 Å². The minimum absolute atomic E-state index is 0.0702. The fraction of sp³-hybridized carbons (Fsp3) is 0.529. The van der Waals surface area contributed by atoms with Crippen LogP contribution in [-0.4, -0.2) is 24.4 Å². The van der Waals surface area contributed by atoms with E-state index in [9.17, 15) is 9.59 Å². The highest BCUT2D eigenvalue weighted by Crippen LogP contribution is 2.18. The summed E-state index contributed by atoms with van der Waals surface area (Å²) in [7, 11) is 0. The van der Waals surface area contributed by atoms with E-state index in [-0.39, 0.29) is 24.3 Å². The molecule has 0 atom stereocenters. The van der Waals surface area contributed by atoms with Crippen molar-refractivity contribution in [1.82, 2.24) is 5.32 Å². The van der Waals surface area contributed by atoms with Gasteiger partial charge >= 0.3 is 0 Å². The molecule has 0 aromatic heterocycles. The molecule has 1 saturated carbocycles. The molecule has 1 aliphatic rings. The number of anilines is 1. The van der Waals surface area contributed by atoms with E-state index in [1.54, 1.807) is 4.90 Å². The van der Waals surface area contributed by atoms with Crippen LogP contribution >= 0.6 is 0 Å². The Morgan fingerprint density at radius 1 is 1.14 bits per heavy atom. The minimum Gasteiger partial charge on any atom is -0.353 e. The first-order valence-corrected chi connectivity index (χ1v) is 7.85. The van der Waals surface area contributed by atoms with Gasteiger partial charge in [0.05, 0.1) is 0 Å². The van der Waals surface area contributed by atoms with Gasteiger partial charge in [0.1, 0.15) is 6.42 Å². The SMILES string of the molecule is CCN(C(=O)CC(=O)NC1CCCCC1)c1ccccc1. The summed E-state index contributed by atoms with van der Waals surface area (Å²) in [5.74, 6) is -0.293. The van der Waals surface area contributed by atoms with Crippen molar-refractivity contribution in [3.8, 4) is 0 Å². The van der Waals surface area contributed by atoms with Gasteiger partial charge in [-0.15, -0.1) is 0 Å². The van der Waals surface area contributed by atoms with E-state index < -0.39 is 0 Å². The number of hydrogen-bond donors (Lipinski definition) is 1. The van der Waals surface area contributed by atoms with Crippen molar-refractivity contribution in [1.29, 1.82) is 0 Å². The fourth-order valence-electron chi connectivity index (χ4n) is 2.87. The number of carbonyl (C=O) groups is 2. The lowest BCUT2D eigenvalue weighted by molar-refractivity contribution is -0.128. The Hall–Kier alpha value is -1.84. The van der Waals surface area contributed by atoms with E-state index in [0.29, 0.717) is 6.54 Å². The van der Waals surface area contributed by atoms with Gasteiger partial charge in [-0.2, -0.15) is 0 Å². The molecule has 2 amide bonds. The predicted molar refractivity (Wildman–Crippen MR) is 84.1 cm³/mol. The monoisotopic (exact) mass is 288 g/mol. The molecule has 114 valence electrons. The second kappa shape index (κ2) is 7.81. The second-order valence-corrected chi connectivity index (χ2v) is 5.55. The van der Waals surface area contributed by atoms with Gasteiger partial charge in [0.15, 0.2) is 0 Å². The van der Waals surface area contributed by atoms with Crippen molar-refractivity contribution < 1.29 is 9.59 Å². The van der Waals surface area contributed by atoms with Crippen LogP contribution in [0.5, 0.6) is 0 Å². The Bertz CT molecular complexity index is 467. The lowest BCUT2D eigenvalue weighted by atomic mass is 9.95. The quantitative estimate of drug-likeness (QED) is 0.847. The van der Waals surface area contributed by atoms with Crippen LogP contribution in [0.1, 0.15) is 45.4 Å². The summed E-state index contributed by atoms with van der Waals surface area (Å²) in [6.45, 7) is 2.49. The van der Waals surface area contributed by atoms with Crippen molar-refractivity contribution in [3.05, 3.63) is 30.3 Å². The Morgan fingerprint density at radius 3 is 2.43 bits per heavy atom. The Kier molecular flexibility index (Phi) is 5.78. The molecule has 0 bridgehead atoms. The van der Waals surface area contributed by atoms with Gasteiger partial charge < -0.3 is 10.2 Å². The molecular formula is C17H24N2O2. The van der Waals surface area contributed by atoms with Crippen LogP contribution in [-0.2, 0) is 9.59 Å². The molecule has 1 aliphatic carbocycles. The summed E-state index contributed by atoms with van der Waals surface area (Å²) in [5, 5.41) is 2.99.